The normalized spacial score (nSPS) is 36.2. The van der Waals surface area contributed by atoms with E-state index in [4.69, 9.17) is 0 Å². The molecule has 110 valence electrons. The van der Waals surface area contributed by atoms with Crippen LogP contribution in [0.4, 0.5) is 13.2 Å². The summed E-state index contributed by atoms with van der Waals surface area (Å²) in [6, 6.07) is -0.206. The molecule has 0 spiro atoms. The Morgan fingerprint density at radius 3 is 2.58 bits per heavy atom. The standard InChI is InChI=1S/C13H21F3N2O/c1-8-11(5-6-17-8)12(19)18-10-4-2-3-9(7-10)13(14,15)16/h8-11,17H,2-7H2,1H3,(H,18,19). The summed E-state index contributed by atoms with van der Waals surface area (Å²) in [6.45, 7) is 2.74. The highest BCUT2D eigenvalue weighted by Gasteiger charge is 2.42. The highest BCUT2D eigenvalue weighted by molar-refractivity contribution is 5.80. The van der Waals surface area contributed by atoms with Gasteiger partial charge in [-0.25, -0.2) is 0 Å². The van der Waals surface area contributed by atoms with E-state index in [0.29, 0.717) is 12.8 Å². The maximum absolute atomic E-state index is 12.7. The number of carbonyl (C=O) groups excluding carboxylic acids is 1. The SMILES string of the molecule is CC1NCCC1C(=O)NC1CCCC(C(F)(F)F)C1. The van der Waals surface area contributed by atoms with E-state index in [2.05, 4.69) is 10.6 Å². The van der Waals surface area contributed by atoms with Gasteiger partial charge in [0.15, 0.2) is 0 Å². The molecule has 0 aromatic rings. The van der Waals surface area contributed by atoms with Crippen LogP contribution in [0.25, 0.3) is 0 Å². The van der Waals surface area contributed by atoms with Gasteiger partial charge in [0.05, 0.1) is 11.8 Å². The highest BCUT2D eigenvalue weighted by Crippen LogP contribution is 2.37. The van der Waals surface area contributed by atoms with E-state index in [0.717, 1.165) is 13.0 Å². The number of alkyl halides is 3. The molecule has 1 heterocycles. The third kappa shape index (κ3) is 3.61. The molecule has 2 aliphatic rings. The third-order valence-corrected chi connectivity index (χ3v) is 4.35. The van der Waals surface area contributed by atoms with Crippen molar-refractivity contribution in [2.24, 2.45) is 11.8 Å². The molecule has 0 aromatic heterocycles. The zero-order valence-corrected chi connectivity index (χ0v) is 11.1. The van der Waals surface area contributed by atoms with E-state index in [1.807, 2.05) is 6.92 Å². The molecule has 1 saturated heterocycles. The van der Waals surface area contributed by atoms with Crippen molar-refractivity contribution >= 4 is 5.91 Å². The van der Waals surface area contributed by atoms with E-state index in [-0.39, 0.29) is 36.8 Å². The van der Waals surface area contributed by atoms with Crippen molar-refractivity contribution in [3.8, 4) is 0 Å². The lowest BCUT2D eigenvalue weighted by Crippen LogP contribution is -2.45. The number of carbonyl (C=O) groups is 1. The first-order valence-electron chi connectivity index (χ1n) is 6.98. The zero-order chi connectivity index (χ0) is 14.0. The summed E-state index contributed by atoms with van der Waals surface area (Å²) >= 11 is 0. The fourth-order valence-corrected chi connectivity index (χ4v) is 3.14. The molecule has 0 radical (unpaired) electrons. The van der Waals surface area contributed by atoms with Gasteiger partial charge in [-0.3, -0.25) is 4.79 Å². The minimum Gasteiger partial charge on any atom is -0.353 e. The number of rotatable bonds is 2. The first-order chi connectivity index (χ1) is 8.88. The molecule has 6 heteroatoms. The van der Waals surface area contributed by atoms with Crippen LogP contribution >= 0.6 is 0 Å². The summed E-state index contributed by atoms with van der Waals surface area (Å²) in [4.78, 5) is 12.0. The molecule has 1 amide bonds. The summed E-state index contributed by atoms with van der Waals surface area (Å²) in [5.41, 5.74) is 0. The first-order valence-corrected chi connectivity index (χ1v) is 6.98. The van der Waals surface area contributed by atoms with E-state index >= 15 is 0 Å². The lowest BCUT2D eigenvalue weighted by molar-refractivity contribution is -0.184. The van der Waals surface area contributed by atoms with E-state index < -0.39 is 12.1 Å². The van der Waals surface area contributed by atoms with E-state index in [9.17, 15) is 18.0 Å². The summed E-state index contributed by atoms with van der Waals surface area (Å²) in [6.07, 6.45) is -1.95. The van der Waals surface area contributed by atoms with Gasteiger partial charge in [-0.05, 0) is 39.2 Å². The number of hydrogen-bond donors (Lipinski definition) is 2. The molecule has 1 aliphatic carbocycles. The molecular formula is C13H21F3N2O. The van der Waals surface area contributed by atoms with Crippen LogP contribution in [-0.2, 0) is 4.79 Å². The second kappa shape index (κ2) is 5.69. The van der Waals surface area contributed by atoms with Crippen LogP contribution < -0.4 is 10.6 Å². The Balaban J connectivity index is 1.87. The maximum Gasteiger partial charge on any atom is 0.391 e. The van der Waals surface area contributed by atoms with Gasteiger partial charge in [0.1, 0.15) is 0 Å². The van der Waals surface area contributed by atoms with Crippen molar-refractivity contribution in [2.45, 2.75) is 57.3 Å². The molecule has 4 atom stereocenters. The Morgan fingerprint density at radius 2 is 2.00 bits per heavy atom. The lowest BCUT2D eigenvalue weighted by Gasteiger charge is -2.32. The molecule has 1 aliphatic heterocycles. The molecule has 1 saturated carbocycles. The summed E-state index contributed by atoms with van der Waals surface area (Å²) in [7, 11) is 0. The largest absolute Gasteiger partial charge is 0.391 e. The van der Waals surface area contributed by atoms with E-state index in [1.54, 1.807) is 0 Å². The third-order valence-electron chi connectivity index (χ3n) is 4.35. The topological polar surface area (TPSA) is 41.1 Å². The zero-order valence-electron chi connectivity index (χ0n) is 11.1. The maximum atomic E-state index is 12.7. The van der Waals surface area contributed by atoms with Crippen molar-refractivity contribution in [3.05, 3.63) is 0 Å². The van der Waals surface area contributed by atoms with Gasteiger partial charge in [0, 0.05) is 12.1 Å². The number of amides is 1. The van der Waals surface area contributed by atoms with Gasteiger partial charge >= 0.3 is 6.18 Å². The van der Waals surface area contributed by atoms with Crippen LogP contribution in [0, 0.1) is 11.8 Å². The smallest absolute Gasteiger partial charge is 0.353 e. The van der Waals surface area contributed by atoms with Crippen molar-refractivity contribution in [2.75, 3.05) is 6.54 Å². The number of hydrogen-bond acceptors (Lipinski definition) is 2. The monoisotopic (exact) mass is 278 g/mol. The van der Waals surface area contributed by atoms with Crippen molar-refractivity contribution in [3.63, 3.8) is 0 Å². The quantitative estimate of drug-likeness (QED) is 0.813. The fourth-order valence-electron chi connectivity index (χ4n) is 3.14. The molecular weight excluding hydrogens is 257 g/mol. The molecule has 2 rings (SSSR count). The van der Waals surface area contributed by atoms with Crippen molar-refractivity contribution < 1.29 is 18.0 Å². The van der Waals surface area contributed by atoms with Crippen LogP contribution in [0.5, 0.6) is 0 Å². The van der Waals surface area contributed by atoms with Crippen LogP contribution in [0.2, 0.25) is 0 Å². The number of halogens is 3. The Labute approximate surface area is 111 Å². The van der Waals surface area contributed by atoms with Gasteiger partial charge in [-0.1, -0.05) is 6.42 Å². The van der Waals surface area contributed by atoms with Gasteiger partial charge < -0.3 is 10.6 Å². The first kappa shape index (κ1) is 14.6. The molecule has 2 N–H and O–H groups in total. The van der Waals surface area contributed by atoms with Crippen LogP contribution in [0.3, 0.4) is 0 Å². The van der Waals surface area contributed by atoms with E-state index in [1.165, 1.54) is 0 Å². The van der Waals surface area contributed by atoms with Crippen molar-refractivity contribution in [1.82, 2.24) is 10.6 Å². The van der Waals surface area contributed by atoms with Gasteiger partial charge in [-0.15, -0.1) is 0 Å². The Morgan fingerprint density at radius 1 is 1.26 bits per heavy atom. The summed E-state index contributed by atoms with van der Waals surface area (Å²) in [5, 5.41) is 5.99. The highest BCUT2D eigenvalue weighted by atomic mass is 19.4. The molecule has 3 nitrogen and oxygen atoms in total. The number of nitrogens with one attached hydrogen (secondary N) is 2. The average molecular weight is 278 g/mol. The van der Waals surface area contributed by atoms with Gasteiger partial charge in [0.2, 0.25) is 5.91 Å². The van der Waals surface area contributed by atoms with Gasteiger partial charge in [0.25, 0.3) is 0 Å². The van der Waals surface area contributed by atoms with Crippen LogP contribution in [-0.4, -0.2) is 30.7 Å². The molecule has 0 bridgehead atoms. The Kier molecular flexibility index (Phi) is 4.38. The second-order valence-electron chi connectivity index (χ2n) is 5.75. The second-order valence-corrected chi connectivity index (χ2v) is 5.75. The molecule has 0 aromatic carbocycles. The van der Waals surface area contributed by atoms with Gasteiger partial charge in [-0.2, -0.15) is 13.2 Å². The summed E-state index contributed by atoms with van der Waals surface area (Å²) in [5.74, 6) is -1.46. The molecule has 2 fully saturated rings. The Bertz CT molecular complexity index is 332. The predicted octanol–water partition coefficient (Wildman–Crippen LogP) is 2.22. The van der Waals surface area contributed by atoms with Crippen molar-refractivity contribution in [1.29, 1.82) is 0 Å². The predicted molar refractivity (Wildman–Crippen MR) is 65.5 cm³/mol. The minimum atomic E-state index is -4.13. The van der Waals surface area contributed by atoms with Crippen LogP contribution in [0.15, 0.2) is 0 Å². The summed E-state index contributed by atoms with van der Waals surface area (Å²) < 4.78 is 38.1. The lowest BCUT2D eigenvalue weighted by atomic mass is 9.85. The average Bonchev–Trinajstić information content (AvgIpc) is 2.75. The molecule has 4 unspecified atom stereocenters. The fraction of sp³-hybridized carbons (Fsp3) is 0.923. The van der Waals surface area contributed by atoms with Crippen LogP contribution in [0.1, 0.15) is 39.0 Å². The molecule has 19 heavy (non-hydrogen) atoms. The Hall–Kier alpha value is -0.780. The minimum absolute atomic E-state index is 0.0315.